The number of furan rings is 1. The number of fused-ring (bicyclic) bond motifs is 2. The molecular formula is C20H12F6N2O6S. The lowest BCUT2D eigenvalue weighted by molar-refractivity contribution is -0.392. The second-order valence-electron chi connectivity index (χ2n) is 7.71. The number of para-hydroxylation sites is 1. The quantitative estimate of drug-likeness (QED) is 0.521. The first-order valence-electron chi connectivity index (χ1n) is 9.73. The fourth-order valence-electron chi connectivity index (χ4n) is 3.51. The Morgan fingerprint density at radius 1 is 1.06 bits per heavy atom. The molecule has 1 aromatic heterocycles. The van der Waals surface area contributed by atoms with E-state index in [9.17, 15) is 39.6 Å². The first-order valence-corrected chi connectivity index (χ1v) is 11.2. The van der Waals surface area contributed by atoms with Crippen molar-refractivity contribution < 1.29 is 53.4 Å². The molecule has 2 aromatic carbocycles. The average molecular weight is 522 g/mol. The SMILES string of the molecule is O=C(NS(=O)(=O)c1cccc2c1OC(F)(F)C(F)(F)O2)c1cc2c(F)cc(N3CC(F)C3)cc2o1. The van der Waals surface area contributed by atoms with Gasteiger partial charge < -0.3 is 18.8 Å². The number of alkyl halides is 5. The van der Waals surface area contributed by atoms with Crippen LogP contribution in [0.5, 0.6) is 11.5 Å². The molecule has 5 rings (SSSR count). The minimum absolute atomic E-state index is 0.0371. The van der Waals surface area contributed by atoms with E-state index >= 15 is 0 Å². The largest absolute Gasteiger partial charge is 0.507 e. The van der Waals surface area contributed by atoms with Gasteiger partial charge in [0.1, 0.15) is 22.5 Å². The van der Waals surface area contributed by atoms with Crippen LogP contribution in [0, 0.1) is 5.82 Å². The smallest absolute Gasteiger partial charge is 0.451 e. The summed E-state index contributed by atoms with van der Waals surface area (Å²) in [5.41, 5.74) is 0.143. The predicted molar refractivity (Wildman–Crippen MR) is 106 cm³/mol. The van der Waals surface area contributed by atoms with E-state index in [1.807, 2.05) is 0 Å². The molecule has 3 aromatic rings. The molecule has 2 aliphatic rings. The van der Waals surface area contributed by atoms with Gasteiger partial charge in [-0.1, -0.05) is 6.07 Å². The number of sulfonamides is 1. The van der Waals surface area contributed by atoms with Crippen LogP contribution in [0.4, 0.5) is 32.0 Å². The van der Waals surface area contributed by atoms with Crippen LogP contribution < -0.4 is 19.1 Å². The molecule has 3 heterocycles. The number of nitrogens with one attached hydrogen (secondary N) is 1. The number of carbonyl (C=O) groups excluding carboxylic acids is 1. The van der Waals surface area contributed by atoms with Crippen LogP contribution in [-0.4, -0.2) is 45.8 Å². The number of ether oxygens (including phenoxy) is 2. The van der Waals surface area contributed by atoms with E-state index < -0.39 is 62.3 Å². The third-order valence-corrected chi connectivity index (χ3v) is 6.62. The summed E-state index contributed by atoms with van der Waals surface area (Å²) >= 11 is 0. The Hall–Kier alpha value is -3.62. The number of hydrogen-bond donors (Lipinski definition) is 1. The normalized spacial score (nSPS) is 18.9. The van der Waals surface area contributed by atoms with Gasteiger partial charge in [0.15, 0.2) is 17.3 Å². The number of hydrogen-bond acceptors (Lipinski definition) is 7. The van der Waals surface area contributed by atoms with E-state index in [-0.39, 0.29) is 29.7 Å². The highest BCUT2D eigenvalue weighted by atomic mass is 32.2. The van der Waals surface area contributed by atoms with Gasteiger partial charge in [-0.25, -0.2) is 21.9 Å². The fourth-order valence-corrected chi connectivity index (χ4v) is 4.61. The number of halogens is 6. The van der Waals surface area contributed by atoms with Crippen molar-refractivity contribution in [1.29, 1.82) is 0 Å². The lowest BCUT2D eigenvalue weighted by Gasteiger charge is -2.36. The summed E-state index contributed by atoms with van der Waals surface area (Å²) in [5.74, 6) is -5.15. The van der Waals surface area contributed by atoms with Crippen molar-refractivity contribution >= 4 is 32.6 Å². The van der Waals surface area contributed by atoms with Crippen LogP contribution in [0.2, 0.25) is 0 Å². The lowest BCUT2D eigenvalue weighted by atomic mass is 10.1. The van der Waals surface area contributed by atoms with Gasteiger partial charge >= 0.3 is 18.1 Å². The van der Waals surface area contributed by atoms with Gasteiger partial charge in [0, 0.05) is 17.8 Å². The first kappa shape index (κ1) is 23.1. The van der Waals surface area contributed by atoms with Crippen LogP contribution in [0.15, 0.2) is 45.7 Å². The van der Waals surface area contributed by atoms with Crippen LogP contribution in [-0.2, 0) is 10.0 Å². The number of anilines is 1. The molecule has 1 saturated heterocycles. The van der Waals surface area contributed by atoms with E-state index in [0.717, 1.165) is 24.3 Å². The molecule has 0 aliphatic carbocycles. The van der Waals surface area contributed by atoms with Crippen LogP contribution in [0.1, 0.15) is 10.6 Å². The number of benzene rings is 2. The molecular weight excluding hydrogens is 510 g/mol. The molecule has 186 valence electrons. The molecule has 1 fully saturated rings. The zero-order chi connectivity index (χ0) is 25.3. The average Bonchev–Trinajstić information content (AvgIpc) is 3.16. The summed E-state index contributed by atoms with van der Waals surface area (Å²) in [6, 6.07) is 5.70. The maximum atomic E-state index is 14.5. The number of rotatable bonds is 4. The van der Waals surface area contributed by atoms with Crippen LogP contribution in [0.3, 0.4) is 0 Å². The Morgan fingerprint density at radius 3 is 2.43 bits per heavy atom. The second-order valence-corrected chi connectivity index (χ2v) is 9.36. The molecule has 0 radical (unpaired) electrons. The molecule has 0 saturated carbocycles. The molecule has 0 spiro atoms. The highest BCUT2D eigenvalue weighted by molar-refractivity contribution is 7.90. The molecule has 2 aliphatic heterocycles. The Bertz CT molecular complexity index is 1470. The highest BCUT2D eigenvalue weighted by Crippen LogP contribution is 2.49. The summed E-state index contributed by atoms with van der Waals surface area (Å²) in [6.45, 7) is 0.0742. The Kier molecular flexibility index (Phi) is 4.92. The maximum Gasteiger partial charge on any atom is 0.507 e. The van der Waals surface area contributed by atoms with Gasteiger partial charge in [0.05, 0.1) is 18.5 Å². The Balaban J connectivity index is 1.44. The van der Waals surface area contributed by atoms with E-state index in [4.69, 9.17) is 4.42 Å². The molecule has 15 heteroatoms. The third kappa shape index (κ3) is 3.79. The monoisotopic (exact) mass is 522 g/mol. The summed E-state index contributed by atoms with van der Waals surface area (Å²) in [6.07, 6.45) is -11.4. The molecule has 8 nitrogen and oxygen atoms in total. The molecule has 1 amide bonds. The van der Waals surface area contributed by atoms with Gasteiger partial charge in [0.25, 0.3) is 10.0 Å². The van der Waals surface area contributed by atoms with Gasteiger partial charge in [0.2, 0.25) is 0 Å². The van der Waals surface area contributed by atoms with E-state index in [1.54, 1.807) is 0 Å². The molecule has 35 heavy (non-hydrogen) atoms. The Labute approximate surface area is 192 Å². The molecule has 0 unspecified atom stereocenters. The molecule has 0 bridgehead atoms. The van der Waals surface area contributed by atoms with Crippen molar-refractivity contribution in [1.82, 2.24) is 4.72 Å². The van der Waals surface area contributed by atoms with Crippen molar-refractivity contribution in [3.63, 3.8) is 0 Å². The van der Waals surface area contributed by atoms with Crippen molar-refractivity contribution in [3.05, 3.63) is 48.0 Å². The minimum atomic E-state index is -5.21. The standard InChI is InChI=1S/C20H12F6N2O6S/c21-9-7-28(8-9)10-4-12(22)11-6-15(32-14(11)5-10)18(29)27-35(30,31)16-3-1-2-13-17(16)34-20(25,26)19(23,24)33-13/h1-6,9H,7-8H2,(H,27,29). The summed E-state index contributed by atoms with van der Waals surface area (Å²) < 4.78 is 122. The number of carbonyl (C=O) groups is 1. The summed E-state index contributed by atoms with van der Waals surface area (Å²) in [4.78, 5) is 13.0. The zero-order valence-corrected chi connectivity index (χ0v) is 17.8. The van der Waals surface area contributed by atoms with Crippen molar-refractivity contribution in [3.8, 4) is 11.5 Å². The topological polar surface area (TPSA) is 98.1 Å². The van der Waals surface area contributed by atoms with Gasteiger partial charge in [-0.3, -0.25) is 4.79 Å². The molecule has 1 N–H and O–H groups in total. The minimum Gasteiger partial charge on any atom is -0.451 e. The van der Waals surface area contributed by atoms with Gasteiger partial charge in [-0.05, 0) is 18.2 Å². The number of amides is 1. The molecule has 0 atom stereocenters. The predicted octanol–water partition coefficient (Wildman–Crippen LogP) is 3.81. The summed E-state index contributed by atoms with van der Waals surface area (Å²) in [7, 11) is -4.99. The van der Waals surface area contributed by atoms with E-state index in [2.05, 4.69) is 9.47 Å². The highest BCUT2D eigenvalue weighted by Gasteiger charge is 2.66. The van der Waals surface area contributed by atoms with Crippen molar-refractivity contribution in [2.45, 2.75) is 23.3 Å². The third-order valence-electron chi connectivity index (χ3n) is 5.26. The van der Waals surface area contributed by atoms with Gasteiger partial charge in [-0.2, -0.15) is 17.6 Å². The second kappa shape index (κ2) is 7.44. The fraction of sp³-hybridized carbons (Fsp3) is 0.250. The summed E-state index contributed by atoms with van der Waals surface area (Å²) in [5, 5.41) is -0.177. The van der Waals surface area contributed by atoms with Gasteiger partial charge in [-0.15, -0.1) is 0 Å². The van der Waals surface area contributed by atoms with E-state index in [0.29, 0.717) is 6.07 Å². The lowest BCUT2D eigenvalue weighted by Crippen LogP contribution is -2.52. The van der Waals surface area contributed by atoms with Crippen molar-refractivity contribution in [2.75, 3.05) is 18.0 Å². The Morgan fingerprint density at radius 2 is 1.74 bits per heavy atom. The zero-order valence-electron chi connectivity index (χ0n) is 17.0. The van der Waals surface area contributed by atoms with Crippen LogP contribution >= 0.6 is 0 Å². The van der Waals surface area contributed by atoms with E-state index in [1.165, 1.54) is 15.7 Å². The van der Waals surface area contributed by atoms with Crippen molar-refractivity contribution in [2.24, 2.45) is 0 Å². The van der Waals surface area contributed by atoms with Crippen LogP contribution in [0.25, 0.3) is 11.0 Å². The maximum absolute atomic E-state index is 14.5. The number of nitrogens with zero attached hydrogens (tertiary/aromatic N) is 1. The first-order chi connectivity index (χ1) is 16.3.